The third kappa shape index (κ3) is 4.70. The maximum absolute atomic E-state index is 12.3. The standard InChI is InChI=1S/C15H21ClN2O2S/c1-10(2)14(11(3)4)9-18-21(19,20)13-6-5-12(8-17)15(16)7-13/h5-7,10-11,14,18H,9H2,1-4H3. The predicted molar refractivity (Wildman–Crippen MR) is 84.5 cm³/mol. The lowest BCUT2D eigenvalue weighted by Crippen LogP contribution is -2.34. The Morgan fingerprint density at radius 1 is 1.24 bits per heavy atom. The van der Waals surface area contributed by atoms with Crippen molar-refractivity contribution in [3.63, 3.8) is 0 Å². The van der Waals surface area contributed by atoms with Crippen LogP contribution < -0.4 is 4.72 Å². The van der Waals surface area contributed by atoms with E-state index in [4.69, 9.17) is 16.9 Å². The fourth-order valence-electron chi connectivity index (χ4n) is 2.28. The van der Waals surface area contributed by atoms with Crippen LogP contribution in [0.25, 0.3) is 0 Å². The van der Waals surface area contributed by atoms with Crippen LogP contribution in [0.2, 0.25) is 5.02 Å². The number of benzene rings is 1. The van der Waals surface area contributed by atoms with Gasteiger partial charge in [-0.1, -0.05) is 39.3 Å². The monoisotopic (exact) mass is 328 g/mol. The number of nitrogens with zero attached hydrogens (tertiary/aromatic N) is 1. The van der Waals surface area contributed by atoms with Gasteiger partial charge in [-0.05, 0) is 36.0 Å². The van der Waals surface area contributed by atoms with Gasteiger partial charge in [0.25, 0.3) is 0 Å². The van der Waals surface area contributed by atoms with E-state index in [1.807, 2.05) is 6.07 Å². The quantitative estimate of drug-likeness (QED) is 0.869. The van der Waals surface area contributed by atoms with Gasteiger partial charge in [0.1, 0.15) is 6.07 Å². The van der Waals surface area contributed by atoms with Crippen molar-refractivity contribution < 1.29 is 8.42 Å². The van der Waals surface area contributed by atoms with E-state index in [0.717, 1.165) is 0 Å². The lowest BCUT2D eigenvalue weighted by atomic mass is 9.86. The molecule has 0 atom stereocenters. The van der Waals surface area contributed by atoms with Crippen LogP contribution in [0.3, 0.4) is 0 Å². The third-order valence-electron chi connectivity index (χ3n) is 3.59. The maximum atomic E-state index is 12.3. The Labute approximate surface area is 132 Å². The minimum absolute atomic E-state index is 0.0813. The lowest BCUT2D eigenvalue weighted by molar-refractivity contribution is 0.289. The smallest absolute Gasteiger partial charge is 0.211 e. The summed E-state index contributed by atoms with van der Waals surface area (Å²) in [6, 6.07) is 6.03. The molecule has 0 aliphatic heterocycles. The first-order valence-corrected chi connectivity index (χ1v) is 8.74. The summed E-state index contributed by atoms with van der Waals surface area (Å²) < 4.78 is 27.2. The summed E-state index contributed by atoms with van der Waals surface area (Å²) in [5.74, 6) is 1.03. The second-order valence-corrected chi connectivity index (χ2v) is 7.93. The number of nitriles is 1. The highest BCUT2D eigenvalue weighted by molar-refractivity contribution is 7.89. The van der Waals surface area contributed by atoms with Gasteiger partial charge in [0.05, 0.1) is 15.5 Å². The summed E-state index contributed by atoms with van der Waals surface area (Å²) in [4.78, 5) is 0.0813. The van der Waals surface area contributed by atoms with E-state index >= 15 is 0 Å². The molecule has 21 heavy (non-hydrogen) atoms. The van der Waals surface area contributed by atoms with Gasteiger partial charge in [0.2, 0.25) is 10.0 Å². The number of halogens is 1. The van der Waals surface area contributed by atoms with Crippen molar-refractivity contribution in [2.24, 2.45) is 17.8 Å². The summed E-state index contributed by atoms with van der Waals surface area (Å²) in [6.45, 7) is 8.71. The SMILES string of the molecule is CC(C)C(CNS(=O)(=O)c1ccc(C#N)c(Cl)c1)C(C)C. The van der Waals surface area contributed by atoms with E-state index in [9.17, 15) is 8.42 Å². The topological polar surface area (TPSA) is 70.0 Å². The molecule has 0 saturated heterocycles. The maximum Gasteiger partial charge on any atom is 0.240 e. The zero-order valence-electron chi connectivity index (χ0n) is 12.7. The summed E-state index contributed by atoms with van der Waals surface area (Å²) in [5, 5.41) is 8.95. The number of hydrogen-bond acceptors (Lipinski definition) is 3. The highest BCUT2D eigenvalue weighted by atomic mass is 35.5. The third-order valence-corrected chi connectivity index (χ3v) is 5.33. The molecule has 1 aromatic rings. The molecule has 0 saturated carbocycles. The van der Waals surface area contributed by atoms with Crippen molar-refractivity contribution in [1.82, 2.24) is 4.72 Å². The van der Waals surface area contributed by atoms with Crippen LogP contribution in [0.4, 0.5) is 0 Å². The first-order valence-electron chi connectivity index (χ1n) is 6.88. The van der Waals surface area contributed by atoms with Gasteiger partial charge >= 0.3 is 0 Å². The van der Waals surface area contributed by atoms with E-state index < -0.39 is 10.0 Å². The zero-order valence-corrected chi connectivity index (χ0v) is 14.3. The molecule has 0 bridgehead atoms. The highest BCUT2D eigenvalue weighted by Gasteiger charge is 2.22. The Morgan fingerprint density at radius 3 is 2.24 bits per heavy atom. The number of nitrogens with one attached hydrogen (secondary N) is 1. The summed E-state index contributed by atoms with van der Waals surface area (Å²) in [7, 11) is -3.61. The van der Waals surface area contributed by atoms with Crippen LogP contribution in [0.5, 0.6) is 0 Å². The van der Waals surface area contributed by atoms with E-state index in [0.29, 0.717) is 18.4 Å². The van der Waals surface area contributed by atoms with Crippen LogP contribution in [0, 0.1) is 29.1 Å². The molecule has 0 amide bonds. The molecule has 0 fully saturated rings. The summed E-state index contributed by atoms with van der Waals surface area (Å²) >= 11 is 5.88. The second-order valence-electron chi connectivity index (χ2n) is 5.76. The van der Waals surface area contributed by atoms with Crippen LogP contribution in [-0.2, 0) is 10.0 Å². The Kier molecular flexibility index (Phi) is 6.21. The van der Waals surface area contributed by atoms with Crippen molar-refractivity contribution in [2.75, 3.05) is 6.54 Å². The average molecular weight is 329 g/mol. The predicted octanol–water partition coefficient (Wildman–Crippen LogP) is 3.42. The van der Waals surface area contributed by atoms with Crippen LogP contribution in [-0.4, -0.2) is 15.0 Å². The normalized spacial score (nSPS) is 12.1. The van der Waals surface area contributed by atoms with E-state index in [2.05, 4.69) is 32.4 Å². The van der Waals surface area contributed by atoms with Crippen LogP contribution >= 0.6 is 11.6 Å². The van der Waals surface area contributed by atoms with E-state index in [1.54, 1.807) is 0 Å². The van der Waals surface area contributed by atoms with E-state index in [1.165, 1.54) is 18.2 Å². The summed E-state index contributed by atoms with van der Waals surface area (Å²) in [6.07, 6.45) is 0. The molecule has 0 aliphatic carbocycles. The fourth-order valence-corrected chi connectivity index (χ4v) is 3.67. The second kappa shape index (κ2) is 7.26. The number of rotatable bonds is 6. The van der Waals surface area contributed by atoms with E-state index in [-0.39, 0.29) is 21.4 Å². The minimum Gasteiger partial charge on any atom is -0.211 e. The molecule has 6 heteroatoms. The molecule has 0 unspecified atom stereocenters. The van der Waals surface area contributed by atoms with Gasteiger partial charge in [-0.3, -0.25) is 0 Å². The van der Waals surface area contributed by atoms with Gasteiger partial charge in [0.15, 0.2) is 0 Å². The molecule has 1 aromatic carbocycles. The minimum atomic E-state index is -3.61. The summed E-state index contributed by atoms with van der Waals surface area (Å²) in [5.41, 5.74) is 0.262. The van der Waals surface area contributed by atoms with Crippen LogP contribution in [0.1, 0.15) is 33.3 Å². The Morgan fingerprint density at radius 2 is 1.81 bits per heavy atom. The Hall–Kier alpha value is -1.09. The fraction of sp³-hybridized carbons (Fsp3) is 0.533. The molecule has 1 N–H and O–H groups in total. The number of sulfonamides is 1. The molecular weight excluding hydrogens is 308 g/mol. The molecular formula is C15H21ClN2O2S. The first kappa shape index (κ1) is 18.0. The lowest BCUT2D eigenvalue weighted by Gasteiger charge is -2.25. The van der Waals surface area contributed by atoms with Crippen molar-refractivity contribution in [3.8, 4) is 6.07 Å². The van der Waals surface area contributed by atoms with Gasteiger partial charge in [0, 0.05) is 6.54 Å². The first-order chi connectivity index (χ1) is 9.69. The van der Waals surface area contributed by atoms with Crippen molar-refractivity contribution >= 4 is 21.6 Å². The molecule has 0 aliphatic rings. The van der Waals surface area contributed by atoms with Crippen molar-refractivity contribution in [3.05, 3.63) is 28.8 Å². The van der Waals surface area contributed by atoms with Gasteiger partial charge < -0.3 is 0 Å². The molecule has 4 nitrogen and oxygen atoms in total. The van der Waals surface area contributed by atoms with Gasteiger partial charge in [-0.2, -0.15) is 5.26 Å². The average Bonchev–Trinajstić information content (AvgIpc) is 2.37. The van der Waals surface area contributed by atoms with Crippen LogP contribution in [0.15, 0.2) is 23.1 Å². The van der Waals surface area contributed by atoms with Gasteiger partial charge in [-0.15, -0.1) is 0 Å². The molecule has 0 spiro atoms. The molecule has 1 rings (SSSR count). The van der Waals surface area contributed by atoms with Crippen molar-refractivity contribution in [1.29, 1.82) is 5.26 Å². The Balaban J connectivity index is 2.92. The van der Waals surface area contributed by atoms with Crippen molar-refractivity contribution in [2.45, 2.75) is 32.6 Å². The zero-order chi connectivity index (χ0) is 16.2. The molecule has 0 heterocycles. The largest absolute Gasteiger partial charge is 0.240 e. The molecule has 0 aromatic heterocycles. The Bertz CT molecular complexity index is 626. The molecule has 116 valence electrons. The highest BCUT2D eigenvalue weighted by Crippen LogP contribution is 2.22. The number of hydrogen-bond donors (Lipinski definition) is 1. The molecule has 0 radical (unpaired) electrons. The van der Waals surface area contributed by atoms with Gasteiger partial charge in [-0.25, -0.2) is 13.1 Å².